The third-order valence-electron chi connectivity index (χ3n) is 5.61. The van der Waals surface area contributed by atoms with E-state index in [-0.39, 0.29) is 11.3 Å². The number of carbonyl (C=O) groups excluding carboxylic acids is 1. The van der Waals surface area contributed by atoms with Gasteiger partial charge in [0.05, 0.1) is 6.26 Å². The Morgan fingerprint density at radius 2 is 1.79 bits per heavy atom. The number of aromatic hydroxyl groups is 1. The van der Waals surface area contributed by atoms with Crippen LogP contribution in [0.2, 0.25) is 0 Å². The molecular formula is C25H25N3O5S. The second-order valence-corrected chi connectivity index (χ2v) is 10.1. The molecule has 1 aliphatic carbocycles. The zero-order chi connectivity index (χ0) is 24.5. The van der Waals surface area contributed by atoms with Crippen molar-refractivity contribution in [1.29, 1.82) is 0 Å². The van der Waals surface area contributed by atoms with Crippen molar-refractivity contribution in [3.63, 3.8) is 0 Å². The lowest BCUT2D eigenvalue weighted by molar-refractivity contribution is 0.0978. The molecule has 0 saturated carbocycles. The average Bonchev–Trinajstić information content (AvgIpc) is 3.35. The SMILES string of the molecule is CS(=O)(=O)NC(=O)c1[nH]c2cc3c(cc2c1-c1ccc[nH]c1=O)CCC3.Cc1cccc(O)c1. The topological polar surface area (TPSA) is 132 Å². The second kappa shape index (κ2) is 9.18. The largest absolute Gasteiger partial charge is 0.508 e. The number of phenols is 1. The van der Waals surface area contributed by atoms with E-state index in [1.165, 1.54) is 17.3 Å². The maximum atomic E-state index is 12.6. The fraction of sp³-hybridized carbons (Fsp3) is 0.200. The number of aromatic nitrogens is 2. The van der Waals surface area contributed by atoms with Gasteiger partial charge in [0.2, 0.25) is 10.0 Å². The van der Waals surface area contributed by atoms with Crippen LogP contribution in [0.25, 0.3) is 22.0 Å². The number of carbonyl (C=O) groups is 1. The Bertz CT molecular complexity index is 1530. The van der Waals surface area contributed by atoms with Crippen molar-refractivity contribution in [1.82, 2.24) is 14.7 Å². The summed E-state index contributed by atoms with van der Waals surface area (Å²) in [6.45, 7) is 1.94. The van der Waals surface area contributed by atoms with E-state index in [0.29, 0.717) is 22.4 Å². The number of aryl methyl sites for hydroxylation is 3. The van der Waals surface area contributed by atoms with Gasteiger partial charge in [-0.2, -0.15) is 0 Å². The van der Waals surface area contributed by atoms with Gasteiger partial charge in [-0.15, -0.1) is 0 Å². The molecule has 0 radical (unpaired) electrons. The van der Waals surface area contributed by atoms with Crippen molar-refractivity contribution >= 4 is 26.8 Å². The van der Waals surface area contributed by atoms with Gasteiger partial charge in [0, 0.05) is 28.2 Å². The van der Waals surface area contributed by atoms with Crippen LogP contribution in [0.1, 0.15) is 33.6 Å². The highest BCUT2D eigenvalue weighted by molar-refractivity contribution is 7.89. The highest BCUT2D eigenvalue weighted by Gasteiger charge is 2.24. The molecule has 4 aromatic rings. The molecule has 34 heavy (non-hydrogen) atoms. The maximum absolute atomic E-state index is 12.6. The van der Waals surface area contributed by atoms with Crippen molar-refractivity contribution in [3.05, 3.63) is 87.5 Å². The third kappa shape index (κ3) is 5.04. The molecule has 0 saturated heterocycles. The highest BCUT2D eigenvalue weighted by Crippen LogP contribution is 2.35. The number of nitrogens with one attached hydrogen (secondary N) is 3. The van der Waals surface area contributed by atoms with Crippen LogP contribution < -0.4 is 10.3 Å². The third-order valence-corrected chi connectivity index (χ3v) is 6.16. The van der Waals surface area contributed by atoms with Gasteiger partial charge >= 0.3 is 0 Å². The summed E-state index contributed by atoms with van der Waals surface area (Å²) in [5.74, 6) is -0.452. The minimum atomic E-state index is -3.73. The minimum absolute atomic E-state index is 0.0609. The number of hydrogen-bond acceptors (Lipinski definition) is 5. The number of fused-ring (bicyclic) bond motifs is 2. The van der Waals surface area contributed by atoms with E-state index in [9.17, 15) is 18.0 Å². The van der Waals surface area contributed by atoms with Gasteiger partial charge in [0.1, 0.15) is 11.4 Å². The van der Waals surface area contributed by atoms with Gasteiger partial charge in [0.15, 0.2) is 0 Å². The van der Waals surface area contributed by atoms with Crippen LogP contribution in [-0.4, -0.2) is 35.7 Å². The van der Waals surface area contributed by atoms with Crippen LogP contribution in [0, 0.1) is 6.92 Å². The number of pyridine rings is 1. The lowest BCUT2D eigenvalue weighted by atomic mass is 10.00. The molecule has 0 atom stereocenters. The van der Waals surface area contributed by atoms with E-state index in [4.69, 9.17) is 5.11 Å². The van der Waals surface area contributed by atoms with Gasteiger partial charge < -0.3 is 15.1 Å². The first kappa shape index (κ1) is 23.3. The molecule has 0 bridgehead atoms. The van der Waals surface area contributed by atoms with Crippen molar-refractivity contribution in [2.24, 2.45) is 0 Å². The van der Waals surface area contributed by atoms with Gasteiger partial charge in [0.25, 0.3) is 11.5 Å². The molecule has 0 spiro atoms. The van der Waals surface area contributed by atoms with Crippen LogP contribution in [0.15, 0.2) is 59.5 Å². The molecular weight excluding hydrogens is 454 g/mol. The molecule has 2 aromatic carbocycles. The molecule has 2 aromatic heterocycles. The second-order valence-electron chi connectivity index (χ2n) is 8.35. The van der Waals surface area contributed by atoms with E-state index in [2.05, 4.69) is 9.97 Å². The molecule has 2 heterocycles. The molecule has 0 aliphatic heterocycles. The highest BCUT2D eigenvalue weighted by atomic mass is 32.2. The number of H-pyrrole nitrogens is 2. The number of phenolic OH excluding ortho intramolecular Hbond substituents is 1. The maximum Gasteiger partial charge on any atom is 0.281 e. The first-order valence-corrected chi connectivity index (χ1v) is 12.6. The quantitative estimate of drug-likeness (QED) is 0.358. The van der Waals surface area contributed by atoms with Crippen LogP contribution in [0.4, 0.5) is 0 Å². The smallest absolute Gasteiger partial charge is 0.281 e. The summed E-state index contributed by atoms with van der Waals surface area (Å²) in [5.41, 5.74) is 4.65. The normalized spacial score (nSPS) is 12.6. The molecule has 0 unspecified atom stereocenters. The van der Waals surface area contributed by atoms with Crippen molar-refractivity contribution in [2.45, 2.75) is 26.2 Å². The molecule has 1 aliphatic rings. The number of hydrogen-bond donors (Lipinski definition) is 4. The molecule has 1 amide bonds. The fourth-order valence-electron chi connectivity index (χ4n) is 4.18. The van der Waals surface area contributed by atoms with Crippen molar-refractivity contribution in [3.8, 4) is 16.9 Å². The van der Waals surface area contributed by atoms with Gasteiger partial charge in [-0.05, 0) is 79.3 Å². The van der Waals surface area contributed by atoms with Crippen LogP contribution in [0.3, 0.4) is 0 Å². The zero-order valence-electron chi connectivity index (χ0n) is 18.8. The number of sulfonamides is 1. The number of benzene rings is 2. The Morgan fingerprint density at radius 1 is 1.06 bits per heavy atom. The van der Waals surface area contributed by atoms with E-state index < -0.39 is 15.9 Å². The first-order chi connectivity index (χ1) is 16.1. The van der Waals surface area contributed by atoms with Gasteiger partial charge in [-0.1, -0.05) is 12.1 Å². The van der Waals surface area contributed by atoms with Crippen molar-refractivity contribution in [2.75, 3.05) is 6.26 Å². The number of aromatic amines is 2. The van der Waals surface area contributed by atoms with E-state index >= 15 is 0 Å². The zero-order valence-corrected chi connectivity index (χ0v) is 19.6. The molecule has 4 N–H and O–H groups in total. The predicted octanol–water partition coefficient (Wildman–Crippen LogP) is 3.40. The molecule has 176 valence electrons. The monoisotopic (exact) mass is 479 g/mol. The van der Waals surface area contributed by atoms with Crippen LogP contribution in [-0.2, 0) is 22.9 Å². The fourth-order valence-corrected chi connectivity index (χ4v) is 4.62. The molecule has 8 nitrogen and oxygen atoms in total. The summed E-state index contributed by atoms with van der Waals surface area (Å²) in [7, 11) is -3.73. The Kier molecular flexibility index (Phi) is 6.30. The standard InChI is InChI=1S/C18H17N3O4S.C7H8O/c1-26(24,25)21-18(23)16-15(12-6-3-7-19-17(12)22)13-8-10-4-2-5-11(10)9-14(13)20-16;1-6-3-2-4-7(8)5-6/h3,6-9,20H,2,4-5H2,1H3,(H,19,22)(H,21,23);2-5,8H,1H3. The number of amides is 1. The van der Waals surface area contributed by atoms with Crippen LogP contribution >= 0.6 is 0 Å². The van der Waals surface area contributed by atoms with Gasteiger partial charge in [-0.25, -0.2) is 13.1 Å². The summed E-state index contributed by atoms with van der Waals surface area (Å²) in [6.07, 6.45) is 5.42. The molecule has 0 fully saturated rings. The van der Waals surface area contributed by atoms with Crippen LogP contribution in [0.5, 0.6) is 5.75 Å². The lowest BCUT2D eigenvalue weighted by Gasteiger charge is -2.05. The number of rotatable bonds is 3. The Hall–Kier alpha value is -3.85. The Balaban J connectivity index is 0.000000291. The Morgan fingerprint density at radius 3 is 2.41 bits per heavy atom. The Labute approximate surface area is 196 Å². The summed E-state index contributed by atoms with van der Waals surface area (Å²) in [6, 6.07) is 14.4. The molecule has 9 heteroatoms. The van der Waals surface area contributed by atoms with E-state index in [0.717, 1.165) is 36.5 Å². The van der Waals surface area contributed by atoms with Crippen molar-refractivity contribution < 1.29 is 18.3 Å². The van der Waals surface area contributed by atoms with Gasteiger partial charge in [-0.3, -0.25) is 9.59 Å². The average molecular weight is 480 g/mol. The summed E-state index contributed by atoms with van der Waals surface area (Å²) in [4.78, 5) is 30.5. The van der Waals surface area contributed by atoms with E-state index in [1.807, 2.05) is 35.9 Å². The minimum Gasteiger partial charge on any atom is -0.508 e. The lowest BCUT2D eigenvalue weighted by Crippen LogP contribution is -2.30. The first-order valence-electron chi connectivity index (χ1n) is 10.8. The summed E-state index contributed by atoms with van der Waals surface area (Å²) >= 11 is 0. The predicted molar refractivity (Wildman–Crippen MR) is 132 cm³/mol. The summed E-state index contributed by atoms with van der Waals surface area (Å²) < 4.78 is 25.0. The molecule has 5 rings (SSSR count). The van der Waals surface area contributed by atoms with E-state index in [1.54, 1.807) is 24.3 Å². The summed E-state index contributed by atoms with van der Waals surface area (Å²) in [5, 5.41) is 9.55.